The molecule has 1 heterocycles. The molecule has 4 aromatic rings. The number of amides is 1. The molecule has 0 aliphatic heterocycles. The van der Waals surface area contributed by atoms with Crippen LogP contribution in [0, 0.1) is 0 Å². The summed E-state index contributed by atoms with van der Waals surface area (Å²) in [4.78, 5) is 17.0. The van der Waals surface area contributed by atoms with E-state index in [2.05, 4.69) is 28.6 Å². The van der Waals surface area contributed by atoms with Crippen molar-refractivity contribution in [2.75, 3.05) is 19.8 Å². The molecule has 0 unspecified atom stereocenters. The number of benzene rings is 3. The maximum Gasteiger partial charge on any atom is 0.257 e. The molecule has 1 amide bonds. The molecule has 0 fully saturated rings. The van der Waals surface area contributed by atoms with E-state index in [-0.39, 0.29) is 12.5 Å². The van der Waals surface area contributed by atoms with Crippen molar-refractivity contribution in [1.82, 2.24) is 14.9 Å². The third kappa shape index (κ3) is 7.61. The molecule has 0 aliphatic rings. The van der Waals surface area contributed by atoms with Crippen molar-refractivity contribution in [2.45, 2.75) is 32.2 Å². The van der Waals surface area contributed by atoms with E-state index < -0.39 is 0 Å². The second kappa shape index (κ2) is 13.5. The van der Waals surface area contributed by atoms with Crippen molar-refractivity contribution in [3.63, 3.8) is 0 Å². The summed E-state index contributed by atoms with van der Waals surface area (Å²) < 4.78 is 13.8. The predicted octanol–water partition coefficient (Wildman–Crippen LogP) is 6.02. The minimum absolute atomic E-state index is 0.0317. The molecule has 0 radical (unpaired) electrons. The number of carbonyl (C=O) groups is 1. The Morgan fingerprint density at radius 2 is 1.78 bits per heavy atom. The van der Waals surface area contributed by atoms with Crippen LogP contribution in [0.3, 0.4) is 0 Å². The first kappa shape index (κ1) is 26.3. The van der Waals surface area contributed by atoms with Crippen LogP contribution in [0.2, 0.25) is 5.02 Å². The lowest BCUT2D eigenvalue weighted by Crippen LogP contribution is -2.30. The molecule has 37 heavy (non-hydrogen) atoms. The monoisotopic (exact) mass is 517 g/mol. The van der Waals surface area contributed by atoms with Gasteiger partial charge in [-0.2, -0.15) is 0 Å². The first-order valence-electron chi connectivity index (χ1n) is 12.5. The van der Waals surface area contributed by atoms with Crippen LogP contribution in [0.15, 0.2) is 85.5 Å². The van der Waals surface area contributed by atoms with Gasteiger partial charge in [-0.25, -0.2) is 4.98 Å². The Morgan fingerprint density at radius 3 is 2.62 bits per heavy atom. The highest BCUT2D eigenvalue weighted by molar-refractivity contribution is 6.30. The van der Waals surface area contributed by atoms with Gasteiger partial charge < -0.3 is 19.4 Å². The van der Waals surface area contributed by atoms with E-state index in [1.807, 2.05) is 42.5 Å². The molecule has 3 aromatic carbocycles. The summed E-state index contributed by atoms with van der Waals surface area (Å²) in [5, 5.41) is 3.55. The fourth-order valence-corrected chi connectivity index (χ4v) is 4.27. The van der Waals surface area contributed by atoms with Crippen molar-refractivity contribution in [2.24, 2.45) is 0 Å². The largest absolute Gasteiger partial charge is 0.493 e. The van der Waals surface area contributed by atoms with E-state index in [0.717, 1.165) is 60.4 Å². The third-order valence-corrected chi connectivity index (χ3v) is 6.19. The Balaban J connectivity index is 1.26. The number of aromatic nitrogens is 2. The summed E-state index contributed by atoms with van der Waals surface area (Å²) in [5.74, 6) is 2.38. The molecule has 6 nitrogen and oxygen atoms in total. The number of nitrogens with zero attached hydrogens (tertiary/aromatic N) is 2. The van der Waals surface area contributed by atoms with E-state index in [1.165, 1.54) is 0 Å². The van der Waals surface area contributed by atoms with Gasteiger partial charge in [-0.15, -0.1) is 6.58 Å². The summed E-state index contributed by atoms with van der Waals surface area (Å²) in [5.41, 5.74) is 3.24. The number of fused-ring (bicyclic) bond motifs is 1. The van der Waals surface area contributed by atoms with Gasteiger partial charge >= 0.3 is 0 Å². The van der Waals surface area contributed by atoms with Crippen LogP contribution in [-0.4, -0.2) is 35.2 Å². The third-order valence-electron chi connectivity index (χ3n) is 5.94. The molecule has 0 bridgehead atoms. The molecule has 0 aliphatic carbocycles. The molecule has 1 N–H and O–H groups in total. The summed E-state index contributed by atoms with van der Waals surface area (Å²) in [7, 11) is 0. The standard InChI is InChI=1S/C30H32ClN3O3/c1-2-9-23-10-3-6-13-28(23)36-21-8-20-34-27-12-5-4-11-26(27)33-29(34)14-7-19-32-30(35)22-37-25-17-15-24(31)16-18-25/h2-6,10-13,15-18H,1,7-9,14,19-22H2,(H,32,35). The molecule has 0 saturated carbocycles. The number of nitrogens with one attached hydrogen (secondary N) is 1. The number of hydrogen-bond acceptors (Lipinski definition) is 4. The van der Waals surface area contributed by atoms with Gasteiger partial charge in [0.15, 0.2) is 6.61 Å². The van der Waals surface area contributed by atoms with Crippen LogP contribution in [-0.2, 0) is 24.2 Å². The minimum Gasteiger partial charge on any atom is -0.493 e. The minimum atomic E-state index is -0.155. The second-order valence-corrected chi connectivity index (χ2v) is 9.10. The maximum absolute atomic E-state index is 12.2. The van der Waals surface area contributed by atoms with Gasteiger partial charge in [-0.3, -0.25) is 4.79 Å². The molecule has 1 aromatic heterocycles. The maximum atomic E-state index is 12.2. The van der Waals surface area contributed by atoms with Crippen molar-refractivity contribution in [3.05, 3.63) is 102 Å². The number of imidazole rings is 1. The fourth-order valence-electron chi connectivity index (χ4n) is 4.14. The number of aryl methyl sites for hydroxylation is 2. The molecular weight excluding hydrogens is 486 g/mol. The molecule has 7 heteroatoms. The SMILES string of the molecule is C=CCc1ccccc1OCCCn1c(CCCNC(=O)COc2ccc(Cl)cc2)nc2ccccc21. The number of halogens is 1. The number of para-hydroxylation sites is 3. The van der Waals surface area contributed by atoms with Crippen molar-refractivity contribution >= 4 is 28.5 Å². The Hall–Kier alpha value is -3.77. The number of allylic oxidation sites excluding steroid dienone is 1. The Labute approximate surface area is 222 Å². The number of rotatable bonds is 14. The normalized spacial score (nSPS) is 10.8. The van der Waals surface area contributed by atoms with Crippen molar-refractivity contribution < 1.29 is 14.3 Å². The van der Waals surface area contributed by atoms with Crippen LogP contribution < -0.4 is 14.8 Å². The van der Waals surface area contributed by atoms with Crippen LogP contribution in [0.25, 0.3) is 11.0 Å². The van der Waals surface area contributed by atoms with Gasteiger partial charge in [-0.1, -0.05) is 48.0 Å². The molecule has 0 saturated heterocycles. The topological polar surface area (TPSA) is 65.4 Å². The predicted molar refractivity (Wildman–Crippen MR) is 148 cm³/mol. The smallest absolute Gasteiger partial charge is 0.257 e. The number of ether oxygens (including phenoxy) is 2. The molecule has 0 spiro atoms. The summed E-state index contributed by atoms with van der Waals surface area (Å²) in [6.45, 7) is 5.77. The van der Waals surface area contributed by atoms with Crippen LogP contribution >= 0.6 is 11.6 Å². The highest BCUT2D eigenvalue weighted by atomic mass is 35.5. The molecule has 4 rings (SSSR count). The average Bonchev–Trinajstić information content (AvgIpc) is 3.27. The van der Waals surface area contributed by atoms with Gasteiger partial charge in [0.25, 0.3) is 5.91 Å². The first-order chi connectivity index (χ1) is 18.1. The number of hydrogen-bond donors (Lipinski definition) is 1. The van der Waals surface area contributed by atoms with Gasteiger partial charge in [-0.05, 0) is 67.3 Å². The van der Waals surface area contributed by atoms with Crippen molar-refractivity contribution in [3.8, 4) is 11.5 Å². The lowest BCUT2D eigenvalue weighted by molar-refractivity contribution is -0.123. The van der Waals surface area contributed by atoms with E-state index in [0.29, 0.717) is 23.9 Å². The number of carbonyl (C=O) groups excluding carboxylic acids is 1. The molecule has 0 atom stereocenters. The van der Waals surface area contributed by atoms with Gasteiger partial charge in [0, 0.05) is 24.5 Å². The summed E-state index contributed by atoms with van der Waals surface area (Å²) in [6, 6.07) is 23.2. The average molecular weight is 518 g/mol. The van der Waals surface area contributed by atoms with Crippen molar-refractivity contribution in [1.29, 1.82) is 0 Å². The van der Waals surface area contributed by atoms with E-state index >= 15 is 0 Å². The fraction of sp³-hybridized carbons (Fsp3) is 0.267. The van der Waals surface area contributed by atoms with Gasteiger partial charge in [0.2, 0.25) is 0 Å². The Morgan fingerprint density at radius 1 is 1.00 bits per heavy atom. The highest BCUT2D eigenvalue weighted by Gasteiger charge is 2.11. The zero-order chi connectivity index (χ0) is 25.9. The molecule has 192 valence electrons. The highest BCUT2D eigenvalue weighted by Crippen LogP contribution is 2.21. The van der Waals surface area contributed by atoms with Crippen LogP contribution in [0.5, 0.6) is 11.5 Å². The second-order valence-electron chi connectivity index (χ2n) is 8.67. The van der Waals surface area contributed by atoms with E-state index in [1.54, 1.807) is 24.3 Å². The quantitative estimate of drug-likeness (QED) is 0.164. The zero-order valence-corrected chi connectivity index (χ0v) is 21.6. The Bertz CT molecular complexity index is 1320. The first-order valence-corrected chi connectivity index (χ1v) is 12.9. The zero-order valence-electron chi connectivity index (χ0n) is 20.9. The summed E-state index contributed by atoms with van der Waals surface area (Å²) in [6.07, 6.45) is 5.07. The lowest BCUT2D eigenvalue weighted by Gasteiger charge is -2.12. The Kier molecular flexibility index (Phi) is 9.60. The lowest BCUT2D eigenvalue weighted by atomic mass is 10.1. The van der Waals surface area contributed by atoms with Gasteiger partial charge in [0.1, 0.15) is 17.3 Å². The van der Waals surface area contributed by atoms with Crippen LogP contribution in [0.1, 0.15) is 24.2 Å². The van der Waals surface area contributed by atoms with E-state index in [4.69, 9.17) is 26.1 Å². The van der Waals surface area contributed by atoms with Crippen LogP contribution in [0.4, 0.5) is 0 Å². The van der Waals surface area contributed by atoms with E-state index in [9.17, 15) is 4.79 Å². The summed E-state index contributed by atoms with van der Waals surface area (Å²) >= 11 is 5.87. The molecular formula is C30H32ClN3O3. The van der Waals surface area contributed by atoms with Gasteiger partial charge in [0.05, 0.1) is 17.6 Å².